The molecule has 1 saturated heterocycles. The number of hydrogen-bond donors (Lipinski definition) is 2. The summed E-state index contributed by atoms with van der Waals surface area (Å²) < 4.78 is 22.8. The lowest BCUT2D eigenvalue weighted by Gasteiger charge is -2.26. The highest BCUT2D eigenvalue weighted by Gasteiger charge is 2.39. The molecule has 0 spiro atoms. The van der Waals surface area contributed by atoms with Crippen LogP contribution in [-0.2, 0) is 14.6 Å². The first kappa shape index (κ1) is 14.4. The minimum absolute atomic E-state index is 0.0552. The fourth-order valence-corrected chi connectivity index (χ4v) is 4.08. The van der Waals surface area contributed by atoms with E-state index in [1.54, 1.807) is 6.92 Å². The second-order valence-corrected chi connectivity index (χ2v) is 7.28. The number of rotatable bonds is 5. The summed E-state index contributed by atoms with van der Waals surface area (Å²) in [6.45, 7) is 7.06. The van der Waals surface area contributed by atoms with Crippen LogP contribution < -0.4 is 10.6 Å². The van der Waals surface area contributed by atoms with Gasteiger partial charge in [-0.05, 0) is 19.9 Å². The van der Waals surface area contributed by atoms with Crippen molar-refractivity contribution in [3.8, 4) is 0 Å². The van der Waals surface area contributed by atoms with Crippen LogP contribution >= 0.6 is 0 Å². The van der Waals surface area contributed by atoms with Crippen molar-refractivity contribution in [1.29, 1.82) is 0 Å². The van der Waals surface area contributed by atoms with E-state index in [9.17, 15) is 13.2 Å². The lowest BCUT2D eigenvalue weighted by atomic mass is 10.0. The van der Waals surface area contributed by atoms with Crippen LogP contribution in [0.5, 0.6) is 0 Å². The molecular weight excluding hydrogens is 240 g/mol. The van der Waals surface area contributed by atoms with Crippen molar-refractivity contribution in [2.75, 3.05) is 24.6 Å². The van der Waals surface area contributed by atoms with Crippen molar-refractivity contribution >= 4 is 15.7 Å². The number of amides is 1. The van der Waals surface area contributed by atoms with E-state index >= 15 is 0 Å². The van der Waals surface area contributed by atoms with E-state index in [-0.39, 0.29) is 23.3 Å². The third-order valence-corrected chi connectivity index (χ3v) is 4.98. The molecular formula is C11H22N2O3S. The molecule has 0 saturated carbocycles. The first-order valence-corrected chi connectivity index (χ1v) is 7.83. The predicted molar refractivity (Wildman–Crippen MR) is 67.5 cm³/mol. The summed E-state index contributed by atoms with van der Waals surface area (Å²) in [4.78, 5) is 11.9. The van der Waals surface area contributed by atoms with E-state index in [1.807, 2.05) is 13.8 Å². The fraction of sp³-hybridized carbons (Fsp3) is 0.909. The molecule has 1 aliphatic heterocycles. The molecule has 0 aromatic heterocycles. The van der Waals surface area contributed by atoms with E-state index in [1.165, 1.54) is 0 Å². The first-order valence-electron chi connectivity index (χ1n) is 6.01. The summed E-state index contributed by atoms with van der Waals surface area (Å²) >= 11 is 0. The van der Waals surface area contributed by atoms with Gasteiger partial charge < -0.3 is 10.6 Å². The van der Waals surface area contributed by atoms with Gasteiger partial charge in [0.15, 0.2) is 9.84 Å². The van der Waals surface area contributed by atoms with Crippen molar-refractivity contribution < 1.29 is 13.2 Å². The van der Waals surface area contributed by atoms with E-state index in [0.717, 1.165) is 6.54 Å². The van der Waals surface area contributed by atoms with Gasteiger partial charge in [0.25, 0.3) is 0 Å². The lowest BCUT2D eigenvalue weighted by molar-refractivity contribution is -0.125. The van der Waals surface area contributed by atoms with Crippen LogP contribution in [-0.4, -0.2) is 44.5 Å². The normalized spacial score (nSPS) is 28.9. The minimum atomic E-state index is -2.97. The lowest BCUT2D eigenvalue weighted by Crippen LogP contribution is -2.50. The van der Waals surface area contributed by atoms with Gasteiger partial charge in [-0.1, -0.05) is 13.8 Å². The molecule has 1 fully saturated rings. The Bertz CT molecular complexity index is 380. The van der Waals surface area contributed by atoms with Crippen LogP contribution in [0.2, 0.25) is 0 Å². The maximum absolute atomic E-state index is 11.9. The molecule has 1 rings (SSSR count). The van der Waals surface area contributed by atoms with Gasteiger partial charge in [0.2, 0.25) is 5.91 Å². The maximum atomic E-state index is 11.9. The molecule has 2 atom stereocenters. The van der Waals surface area contributed by atoms with Crippen LogP contribution in [0.15, 0.2) is 0 Å². The van der Waals surface area contributed by atoms with Crippen molar-refractivity contribution in [3.63, 3.8) is 0 Å². The Kier molecular flexibility index (Phi) is 4.55. The van der Waals surface area contributed by atoms with Crippen molar-refractivity contribution in [3.05, 3.63) is 0 Å². The second kappa shape index (κ2) is 5.35. The van der Waals surface area contributed by atoms with E-state index in [4.69, 9.17) is 0 Å². The summed E-state index contributed by atoms with van der Waals surface area (Å²) in [7, 11) is -2.97. The zero-order chi connectivity index (χ0) is 13.1. The molecule has 2 unspecified atom stereocenters. The summed E-state index contributed by atoms with van der Waals surface area (Å²) in [5, 5.41) is 5.96. The molecule has 5 nitrogen and oxygen atoms in total. The number of carbonyl (C=O) groups excluding carboxylic acids is 1. The average molecular weight is 262 g/mol. The molecule has 1 aliphatic rings. The van der Waals surface area contributed by atoms with Gasteiger partial charge in [0, 0.05) is 12.5 Å². The molecule has 0 aromatic carbocycles. The van der Waals surface area contributed by atoms with Crippen molar-refractivity contribution in [2.24, 2.45) is 5.92 Å². The standard InChI is InChI=1S/C11H22N2O3S/c1-4-12-7-9(2)10(14)13-11(3)5-6-17(15,16)8-11/h9,12H,4-8H2,1-3H3,(H,13,14). The zero-order valence-electron chi connectivity index (χ0n) is 10.7. The summed E-state index contributed by atoms with van der Waals surface area (Å²) in [5.74, 6) is 0.00558. The predicted octanol–water partition coefficient (Wildman–Crippen LogP) is -0.0746. The first-order chi connectivity index (χ1) is 7.78. The smallest absolute Gasteiger partial charge is 0.224 e. The van der Waals surface area contributed by atoms with E-state index in [2.05, 4.69) is 10.6 Å². The maximum Gasteiger partial charge on any atom is 0.224 e. The van der Waals surface area contributed by atoms with Crippen LogP contribution in [0, 0.1) is 5.92 Å². The molecule has 0 radical (unpaired) electrons. The van der Waals surface area contributed by atoms with Gasteiger partial charge in [-0.25, -0.2) is 8.42 Å². The highest BCUT2D eigenvalue weighted by molar-refractivity contribution is 7.91. The Labute approximate surface area is 103 Å². The van der Waals surface area contributed by atoms with Crippen LogP contribution in [0.1, 0.15) is 27.2 Å². The third-order valence-electron chi connectivity index (χ3n) is 3.08. The van der Waals surface area contributed by atoms with Gasteiger partial charge in [-0.2, -0.15) is 0 Å². The Morgan fingerprint density at radius 1 is 1.47 bits per heavy atom. The van der Waals surface area contributed by atoms with Crippen molar-refractivity contribution in [1.82, 2.24) is 10.6 Å². The third kappa shape index (κ3) is 4.27. The van der Waals surface area contributed by atoms with Gasteiger partial charge in [-0.3, -0.25) is 4.79 Å². The fourth-order valence-electron chi connectivity index (χ4n) is 1.98. The van der Waals surface area contributed by atoms with Crippen molar-refractivity contribution in [2.45, 2.75) is 32.7 Å². The Morgan fingerprint density at radius 2 is 2.12 bits per heavy atom. The van der Waals surface area contributed by atoms with Gasteiger partial charge in [0.05, 0.1) is 17.0 Å². The SMILES string of the molecule is CCNCC(C)C(=O)NC1(C)CCS(=O)(=O)C1. The Hall–Kier alpha value is -0.620. The number of carbonyl (C=O) groups is 1. The average Bonchev–Trinajstić information content (AvgIpc) is 2.49. The topological polar surface area (TPSA) is 75.3 Å². The molecule has 17 heavy (non-hydrogen) atoms. The molecule has 6 heteroatoms. The molecule has 100 valence electrons. The van der Waals surface area contributed by atoms with Crippen LogP contribution in [0.25, 0.3) is 0 Å². The summed E-state index contributed by atoms with van der Waals surface area (Å²) in [5.41, 5.74) is -0.587. The van der Waals surface area contributed by atoms with Gasteiger partial charge in [-0.15, -0.1) is 0 Å². The monoisotopic (exact) mass is 262 g/mol. The highest BCUT2D eigenvalue weighted by Crippen LogP contribution is 2.23. The molecule has 1 heterocycles. The van der Waals surface area contributed by atoms with E-state index < -0.39 is 15.4 Å². The Balaban J connectivity index is 2.51. The van der Waals surface area contributed by atoms with E-state index in [0.29, 0.717) is 13.0 Å². The molecule has 0 aromatic rings. The van der Waals surface area contributed by atoms with Gasteiger partial charge in [0.1, 0.15) is 0 Å². The molecule has 0 bridgehead atoms. The largest absolute Gasteiger partial charge is 0.350 e. The van der Waals surface area contributed by atoms with Gasteiger partial charge >= 0.3 is 0 Å². The number of nitrogens with one attached hydrogen (secondary N) is 2. The highest BCUT2D eigenvalue weighted by atomic mass is 32.2. The zero-order valence-corrected chi connectivity index (χ0v) is 11.6. The Morgan fingerprint density at radius 3 is 2.59 bits per heavy atom. The summed E-state index contributed by atoms with van der Waals surface area (Å²) in [6, 6.07) is 0. The molecule has 0 aliphatic carbocycles. The minimum Gasteiger partial charge on any atom is -0.350 e. The van der Waals surface area contributed by atoms with Crippen LogP contribution in [0.3, 0.4) is 0 Å². The quantitative estimate of drug-likeness (QED) is 0.727. The summed E-state index contributed by atoms with van der Waals surface area (Å²) in [6.07, 6.45) is 0.509. The molecule has 1 amide bonds. The molecule has 2 N–H and O–H groups in total. The second-order valence-electron chi connectivity index (χ2n) is 5.10. The number of hydrogen-bond acceptors (Lipinski definition) is 4. The number of sulfone groups is 1. The van der Waals surface area contributed by atoms with Crippen LogP contribution in [0.4, 0.5) is 0 Å².